The third-order valence-corrected chi connectivity index (χ3v) is 3.51. The van der Waals surface area contributed by atoms with Crippen LogP contribution in [0.3, 0.4) is 0 Å². The fourth-order valence-corrected chi connectivity index (χ4v) is 2.39. The van der Waals surface area contributed by atoms with E-state index in [1.54, 1.807) is 6.92 Å². The third kappa shape index (κ3) is 2.54. The number of ether oxygens (including phenoxy) is 1. The molecule has 0 bridgehead atoms. The Bertz CT molecular complexity index is 601. The molecule has 2 heterocycles. The molecule has 104 valence electrons. The van der Waals surface area contributed by atoms with Crippen molar-refractivity contribution in [1.29, 1.82) is 0 Å². The second-order valence-electron chi connectivity index (χ2n) is 4.98. The summed E-state index contributed by atoms with van der Waals surface area (Å²) in [6, 6.07) is 0. The van der Waals surface area contributed by atoms with Crippen LogP contribution in [-0.2, 0) is 4.74 Å². The lowest BCUT2D eigenvalue weighted by Crippen LogP contribution is -2.33. The summed E-state index contributed by atoms with van der Waals surface area (Å²) in [6.07, 6.45) is 1.20. The van der Waals surface area contributed by atoms with Crippen molar-refractivity contribution in [3.63, 3.8) is 0 Å². The van der Waals surface area contributed by atoms with Crippen molar-refractivity contribution in [2.45, 2.75) is 32.6 Å². The molecule has 1 fully saturated rings. The lowest BCUT2D eigenvalue weighted by molar-refractivity contribution is -0.0302. The van der Waals surface area contributed by atoms with E-state index in [4.69, 9.17) is 4.74 Å². The molecule has 1 unspecified atom stereocenters. The highest BCUT2D eigenvalue weighted by atomic mass is 16.5. The molecule has 1 saturated heterocycles. The van der Waals surface area contributed by atoms with Crippen LogP contribution in [0.5, 0.6) is 0 Å². The van der Waals surface area contributed by atoms with Crippen molar-refractivity contribution in [3.8, 4) is 0 Å². The minimum absolute atomic E-state index is 0.00846. The number of aliphatic hydroxyl groups is 1. The van der Waals surface area contributed by atoms with Gasteiger partial charge in [-0.3, -0.25) is 14.3 Å². The van der Waals surface area contributed by atoms with E-state index in [0.29, 0.717) is 12.0 Å². The lowest BCUT2D eigenvalue weighted by atomic mass is 9.94. The number of rotatable bonds is 3. The molecule has 0 spiro atoms. The van der Waals surface area contributed by atoms with E-state index in [-0.39, 0.29) is 18.6 Å². The van der Waals surface area contributed by atoms with Crippen molar-refractivity contribution in [3.05, 3.63) is 44.8 Å². The zero-order valence-electron chi connectivity index (χ0n) is 11.0. The number of aryl methyl sites for hydroxylation is 1. The molecule has 0 radical (unpaired) electrons. The summed E-state index contributed by atoms with van der Waals surface area (Å²) >= 11 is 0. The molecule has 6 nitrogen and oxygen atoms in total. The molecule has 0 aliphatic carbocycles. The number of hydrogen-bond acceptors (Lipinski definition) is 4. The maximum Gasteiger partial charge on any atom is 0.330 e. The average Bonchev–Trinajstić information content (AvgIpc) is 2.77. The lowest BCUT2D eigenvalue weighted by Gasteiger charge is -2.15. The number of nitrogens with one attached hydrogen (secondary N) is 1. The van der Waals surface area contributed by atoms with Gasteiger partial charge in [0.1, 0.15) is 6.23 Å². The van der Waals surface area contributed by atoms with E-state index < -0.39 is 17.5 Å². The van der Waals surface area contributed by atoms with Gasteiger partial charge in [-0.25, -0.2) is 4.79 Å². The van der Waals surface area contributed by atoms with E-state index >= 15 is 0 Å². The number of aromatic nitrogens is 2. The van der Waals surface area contributed by atoms with Crippen molar-refractivity contribution >= 4 is 0 Å². The first kappa shape index (κ1) is 13.8. The van der Waals surface area contributed by atoms with E-state index in [1.165, 1.54) is 10.8 Å². The van der Waals surface area contributed by atoms with E-state index in [9.17, 15) is 14.7 Å². The van der Waals surface area contributed by atoms with Gasteiger partial charge in [0.25, 0.3) is 5.56 Å². The molecule has 0 amide bonds. The van der Waals surface area contributed by atoms with E-state index in [2.05, 4.69) is 11.6 Å². The van der Waals surface area contributed by atoms with Gasteiger partial charge in [-0.15, -0.1) is 0 Å². The van der Waals surface area contributed by atoms with Crippen molar-refractivity contribution in [2.75, 3.05) is 6.61 Å². The van der Waals surface area contributed by atoms with Gasteiger partial charge in [0, 0.05) is 24.1 Å². The highest BCUT2D eigenvalue weighted by Crippen LogP contribution is 2.36. The van der Waals surface area contributed by atoms with Crippen LogP contribution in [0.1, 0.15) is 25.1 Å². The highest BCUT2D eigenvalue weighted by molar-refractivity contribution is 5.06. The fraction of sp³-hybridized carbons (Fsp3) is 0.538. The Balaban J connectivity index is 2.35. The summed E-state index contributed by atoms with van der Waals surface area (Å²) in [4.78, 5) is 25.4. The molecule has 1 aliphatic rings. The second-order valence-corrected chi connectivity index (χ2v) is 4.98. The first-order valence-electron chi connectivity index (χ1n) is 6.17. The number of hydrogen-bond donors (Lipinski definition) is 2. The smallest absolute Gasteiger partial charge is 0.330 e. The summed E-state index contributed by atoms with van der Waals surface area (Å²) < 4.78 is 7.04. The van der Waals surface area contributed by atoms with E-state index in [0.717, 1.165) is 5.57 Å². The first-order chi connectivity index (χ1) is 8.93. The minimum Gasteiger partial charge on any atom is -0.394 e. The molecular formula is C13H18N2O4. The summed E-state index contributed by atoms with van der Waals surface area (Å²) in [7, 11) is 0. The maximum absolute atomic E-state index is 11.8. The number of nitrogens with zero attached hydrogens (tertiary/aromatic N) is 1. The molecule has 0 aromatic carbocycles. The molecule has 0 saturated carbocycles. The predicted molar refractivity (Wildman–Crippen MR) is 70.0 cm³/mol. The van der Waals surface area contributed by atoms with Crippen LogP contribution in [0.2, 0.25) is 0 Å². The Labute approximate surface area is 110 Å². The first-order valence-corrected chi connectivity index (χ1v) is 6.17. The SMILES string of the molecule is C=C(C)C1C[C@H](n2cc(C)c(=O)[nH]c2=O)O[C@@H]1CO. The Kier molecular flexibility index (Phi) is 3.73. The molecule has 19 heavy (non-hydrogen) atoms. The molecule has 2 N–H and O–H groups in total. The van der Waals surface area contributed by atoms with Gasteiger partial charge in [0.15, 0.2) is 0 Å². The Morgan fingerprint density at radius 3 is 2.84 bits per heavy atom. The summed E-state index contributed by atoms with van der Waals surface area (Å²) in [5.74, 6) is 0.00846. The molecule has 2 rings (SSSR count). The number of H-pyrrole nitrogens is 1. The minimum atomic E-state index is -0.500. The van der Waals surface area contributed by atoms with Gasteiger partial charge < -0.3 is 9.84 Å². The largest absolute Gasteiger partial charge is 0.394 e. The van der Waals surface area contributed by atoms with Gasteiger partial charge in [-0.2, -0.15) is 0 Å². The molecule has 1 aromatic rings. The number of aliphatic hydroxyl groups excluding tert-OH is 1. The second kappa shape index (κ2) is 5.14. The topological polar surface area (TPSA) is 84.3 Å². The summed E-state index contributed by atoms with van der Waals surface area (Å²) in [5.41, 5.74) is 0.465. The molecule has 6 heteroatoms. The van der Waals surface area contributed by atoms with Crippen molar-refractivity contribution in [2.24, 2.45) is 5.92 Å². The fourth-order valence-electron chi connectivity index (χ4n) is 2.39. The molecule has 1 aromatic heterocycles. The van der Waals surface area contributed by atoms with Gasteiger partial charge in [0.05, 0.1) is 12.7 Å². The van der Waals surface area contributed by atoms with Crippen LogP contribution in [0.4, 0.5) is 0 Å². The van der Waals surface area contributed by atoms with E-state index in [1.807, 2.05) is 6.92 Å². The molecule has 1 aliphatic heterocycles. The Hall–Kier alpha value is -1.66. The highest BCUT2D eigenvalue weighted by Gasteiger charge is 2.36. The van der Waals surface area contributed by atoms with Crippen LogP contribution < -0.4 is 11.2 Å². The number of aromatic amines is 1. The van der Waals surface area contributed by atoms with Crippen LogP contribution in [0.15, 0.2) is 27.9 Å². The molecule has 3 atom stereocenters. The third-order valence-electron chi connectivity index (χ3n) is 3.51. The Morgan fingerprint density at radius 2 is 2.32 bits per heavy atom. The van der Waals surface area contributed by atoms with Crippen molar-refractivity contribution in [1.82, 2.24) is 9.55 Å². The monoisotopic (exact) mass is 266 g/mol. The van der Waals surface area contributed by atoms with Crippen LogP contribution in [0, 0.1) is 12.8 Å². The van der Waals surface area contributed by atoms with Gasteiger partial charge in [-0.05, 0) is 13.8 Å². The van der Waals surface area contributed by atoms with Gasteiger partial charge in [0.2, 0.25) is 0 Å². The maximum atomic E-state index is 11.8. The molecular weight excluding hydrogens is 248 g/mol. The summed E-state index contributed by atoms with van der Waals surface area (Å²) in [6.45, 7) is 7.26. The van der Waals surface area contributed by atoms with Gasteiger partial charge >= 0.3 is 5.69 Å². The van der Waals surface area contributed by atoms with Crippen LogP contribution in [0.25, 0.3) is 0 Å². The summed E-state index contributed by atoms with van der Waals surface area (Å²) in [5, 5.41) is 9.31. The zero-order valence-corrected chi connectivity index (χ0v) is 11.0. The van der Waals surface area contributed by atoms with Gasteiger partial charge in [-0.1, -0.05) is 12.2 Å². The Morgan fingerprint density at radius 1 is 1.63 bits per heavy atom. The van der Waals surface area contributed by atoms with Crippen LogP contribution >= 0.6 is 0 Å². The standard InChI is InChI=1S/C13H18N2O4/c1-7(2)9-4-11(19-10(9)6-16)15-5-8(3)12(17)14-13(15)18/h5,9-11,16H,1,4,6H2,2-3H3,(H,14,17,18)/t9?,10-,11-/m1/s1. The normalized spacial score (nSPS) is 26.6. The quantitative estimate of drug-likeness (QED) is 0.771. The van der Waals surface area contributed by atoms with Crippen LogP contribution in [-0.4, -0.2) is 27.4 Å². The van der Waals surface area contributed by atoms with Crippen molar-refractivity contribution < 1.29 is 9.84 Å². The average molecular weight is 266 g/mol. The zero-order chi connectivity index (χ0) is 14.2. The predicted octanol–water partition coefficient (Wildman–Crippen LogP) is 0.317.